The van der Waals surface area contributed by atoms with Crippen LogP contribution in [0, 0.1) is 3.57 Å². The van der Waals surface area contributed by atoms with Gasteiger partial charge in [-0.3, -0.25) is 4.90 Å². The number of carbonyl (C=O) groups is 1. The molecule has 0 aliphatic carbocycles. The van der Waals surface area contributed by atoms with Crippen molar-refractivity contribution in [2.75, 3.05) is 39.5 Å². The normalized spacial score (nSPS) is 16.3. The van der Waals surface area contributed by atoms with Crippen molar-refractivity contribution in [3.8, 4) is 0 Å². The summed E-state index contributed by atoms with van der Waals surface area (Å²) in [5.41, 5.74) is 0.426. The molecule has 1 aliphatic heterocycles. The predicted molar refractivity (Wildman–Crippen MR) is 81.7 cm³/mol. The first-order chi connectivity index (χ1) is 9.16. The van der Waals surface area contributed by atoms with E-state index in [4.69, 9.17) is 21.1 Å². The second-order valence-corrected chi connectivity index (χ2v) is 5.87. The number of benzene rings is 1. The summed E-state index contributed by atoms with van der Waals surface area (Å²) in [6, 6.07) is 5.30. The monoisotopic (exact) mass is 395 g/mol. The zero-order valence-corrected chi connectivity index (χ0v) is 13.3. The summed E-state index contributed by atoms with van der Waals surface area (Å²) in [6.45, 7) is 4.38. The molecular formula is C13H15ClINO3. The van der Waals surface area contributed by atoms with Gasteiger partial charge in [0.2, 0.25) is 0 Å². The average molecular weight is 396 g/mol. The lowest BCUT2D eigenvalue weighted by molar-refractivity contribution is 0.0195. The van der Waals surface area contributed by atoms with Gasteiger partial charge in [0.1, 0.15) is 6.61 Å². The maximum atomic E-state index is 11.9. The summed E-state index contributed by atoms with van der Waals surface area (Å²) in [7, 11) is 0. The maximum Gasteiger partial charge on any atom is 0.339 e. The molecule has 0 aromatic heterocycles. The van der Waals surface area contributed by atoms with Crippen LogP contribution in [0.15, 0.2) is 18.2 Å². The molecule has 2 rings (SSSR count). The van der Waals surface area contributed by atoms with Gasteiger partial charge in [-0.15, -0.1) is 0 Å². The fraction of sp³-hybridized carbons (Fsp3) is 0.462. The Hall–Kier alpha value is -0.370. The van der Waals surface area contributed by atoms with E-state index < -0.39 is 0 Å². The van der Waals surface area contributed by atoms with Gasteiger partial charge >= 0.3 is 5.97 Å². The van der Waals surface area contributed by atoms with Crippen LogP contribution in [-0.2, 0) is 9.47 Å². The van der Waals surface area contributed by atoms with E-state index in [0.717, 1.165) is 36.4 Å². The van der Waals surface area contributed by atoms with E-state index in [2.05, 4.69) is 27.5 Å². The van der Waals surface area contributed by atoms with Crippen molar-refractivity contribution in [1.29, 1.82) is 0 Å². The summed E-state index contributed by atoms with van der Waals surface area (Å²) < 4.78 is 11.5. The largest absolute Gasteiger partial charge is 0.461 e. The lowest BCUT2D eigenvalue weighted by atomic mass is 10.2. The Labute approximate surface area is 131 Å². The van der Waals surface area contributed by atoms with Crippen molar-refractivity contribution < 1.29 is 14.3 Å². The zero-order valence-electron chi connectivity index (χ0n) is 10.4. The standard InChI is InChI=1S/C13H15ClINO3/c14-12-2-1-10(15)9-11(12)13(17)19-8-5-16-3-6-18-7-4-16/h1-2,9H,3-8H2. The van der Waals surface area contributed by atoms with Crippen molar-refractivity contribution in [1.82, 2.24) is 4.90 Å². The number of nitrogens with zero attached hydrogens (tertiary/aromatic N) is 1. The molecule has 1 heterocycles. The molecule has 1 aliphatic rings. The molecule has 0 bridgehead atoms. The van der Waals surface area contributed by atoms with Crippen LogP contribution in [0.1, 0.15) is 10.4 Å². The van der Waals surface area contributed by atoms with Crippen LogP contribution in [0.3, 0.4) is 0 Å². The molecule has 1 saturated heterocycles. The highest BCUT2D eigenvalue weighted by Crippen LogP contribution is 2.19. The van der Waals surface area contributed by atoms with Crippen molar-refractivity contribution in [3.63, 3.8) is 0 Å². The molecule has 0 N–H and O–H groups in total. The number of carbonyl (C=O) groups excluding carboxylic acids is 1. The molecule has 0 spiro atoms. The number of rotatable bonds is 4. The number of esters is 1. The van der Waals surface area contributed by atoms with Crippen LogP contribution in [0.2, 0.25) is 5.02 Å². The van der Waals surface area contributed by atoms with Gasteiger partial charge in [0, 0.05) is 23.2 Å². The summed E-state index contributed by atoms with van der Waals surface area (Å²) in [5.74, 6) is -0.364. The van der Waals surface area contributed by atoms with E-state index in [9.17, 15) is 4.79 Å². The molecular weight excluding hydrogens is 381 g/mol. The van der Waals surface area contributed by atoms with Gasteiger partial charge in [-0.2, -0.15) is 0 Å². The highest BCUT2D eigenvalue weighted by molar-refractivity contribution is 14.1. The van der Waals surface area contributed by atoms with E-state index in [-0.39, 0.29) is 5.97 Å². The first-order valence-corrected chi connectivity index (χ1v) is 7.55. The fourth-order valence-corrected chi connectivity index (χ4v) is 2.51. The molecule has 0 saturated carbocycles. The smallest absolute Gasteiger partial charge is 0.339 e. The Morgan fingerprint density at radius 2 is 2.16 bits per heavy atom. The number of ether oxygens (including phenoxy) is 2. The van der Waals surface area contributed by atoms with E-state index in [1.54, 1.807) is 12.1 Å². The second-order valence-electron chi connectivity index (χ2n) is 4.21. The SMILES string of the molecule is O=C(OCCN1CCOCC1)c1cc(I)ccc1Cl. The molecule has 0 radical (unpaired) electrons. The molecule has 0 atom stereocenters. The average Bonchev–Trinajstić information content (AvgIpc) is 2.42. The van der Waals surface area contributed by atoms with Crippen molar-refractivity contribution in [3.05, 3.63) is 32.4 Å². The third-order valence-corrected chi connectivity index (χ3v) is 3.89. The van der Waals surface area contributed by atoms with E-state index in [1.807, 2.05) is 6.07 Å². The quantitative estimate of drug-likeness (QED) is 0.580. The minimum atomic E-state index is -0.364. The highest BCUT2D eigenvalue weighted by Gasteiger charge is 2.14. The topological polar surface area (TPSA) is 38.8 Å². The second kappa shape index (κ2) is 7.42. The summed E-state index contributed by atoms with van der Waals surface area (Å²) in [4.78, 5) is 14.1. The minimum Gasteiger partial charge on any atom is -0.461 e. The highest BCUT2D eigenvalue weighted by atomic mass is 127. The van der Waals surface area contributed by atoms with E-state index in [1.165, 1.54) is 0 Å². The van der Waals surface area contributed by atoms with Gasteiger partial charge < -0.3 is 9.47 Å². The molecule has 4 nitrogen and oxygen atoms in total. The van der Waals surface area contributed by atoms with E-state index in [0.29, 0.717) is 17.2 Å². The molecule has 19 heavy (non-hydrogen) atoms. The van der Waals surface area contributed by atoms with Gasteiger partial charge in [0.25, 0.3) is 0 Å². The zero-order chi connectivity index (χ0) is 13.7. The molecule has 0 unspecified atom stereocenters. The number of hydrogen-bond acceptors (Lipinski definition) is 4. The lowest BCUT2D eigenvalue weighted by Crippen LogP contribution is -2.38. The molecule has 1 aromatic rings. The molecule has 0 amide bonds. The van der Waals surface area contributed by atoms with Gasteiger partial charge in [-0.25, -0.2) is 4.79 Å². The predicted octanol–water partition coefficient (Wildman–Crippen LogP) is 2.43. The van der Waals surface area contributed by atoms with Crippen LogP contribution < -0.4 is 0 Å². The maximum absolute atomic E-state index is 11.9. The van der Waals surface area contributed by atoms with Crippen LogP contribution in [0.25, 0.3) is 0 Å². The number of hydrogen-bond donors (Lipinski definition) is 0. The molecule has 1 aromatic carbocycles. The van der Waals surface area contributed by atoms with Crippen molar-refractivity contribution in [2.45, 2.75) is 0 Å². The Morgan fingerprint density at radius 1 is 1.42 bits per heavy atom. The summed E-state index contributed by atoms with van der Waals surface area (Å²) in [5, 5.41) is 0.428. The Balaban J connectivity index is 1.82. The fourth-order valence-electron chi connectivity index (χ4n) is 1.82. The van der Waals surface area contributed by atoms with Crippen LogP contribution in [0.4, 0.5) is 0 Å². The Morgan fingerprint density at radius 3 is 2.89 bits per heavy atom. The molecule has 1 fully saturated rings. The molecule has 6 heteroatoms. The van der Waals surface area contributed by atoms with Crippen molar-refractivity contribution in [2.24, 2.45) is 0 Å². The first kappa shape index (κ1) is 15.0. The van der Waals surface area contributed by atoms with Gasteiger partial charge in [-0.05, 0) is 40.8 Å². The van der Waals surface area contributed by atoms with Crippen molar-refractivity contribution >= 4 is 40.2 Å². The minimum absolute atomic E-state index is 0.364. The number of halogens is 2. The summed E-state index contributed by atoms with van der Waals surface area (Å²) >= 11 is 8.13. The number of morpholine rings is 1. The Kier molecular flexibility index (Phi) is 5.87. The third kappa shape index (κ3) is 4.59. The first-order valence-electron chi connectivity index (χ1n) is 6.09. The van der Waals surface area contributed by atoms with Gasteiger partial charge in [0.15, 0.2) is 0 Å². The Bertz CT molecular complexity index is 450. The molecule has 104 valence electrons. The van der Waals surface area contributed by atoms with E-state index >= 15 is 0 Å². The third-order valence-electron chi connectivity index (χ3n) is 2.89. The van der Waals surface area contributed by atoms with Gasteiger partial charge in [-0.1, -0.05) is 11.6 Å². The van der Waals surface area contributed by atoms with Crippen LogP contribution in [-0.4, -0.2) is 50.3 Å². The van der Waals surface area contributed by atoms with Crippen LogP contribution in [0.5, 0.6) is 0 Å². The van der Waals surface area contributed by atoms with Crippen LogP contribution >= 0.6 is 34.2 Å². The van der Waals surface area contributed by atoms with Gasteiger partial charge in [0.05, 0.1) is 23.8 Å². The summed E-state index contributed by atoms with van der Waals surface area (Å²) in [6.07, 6.45) is 0. The lowest BCUT2D eigenvalue weighted by Gasteiger charge is -2.26.